The van der Waals surface area contributed by atoms with Crippen molar-refractivity contribution in [3.8, 4) is 0 Å². The monoisotopic (exact) mass is 1080 g/mol. The van der Waals surface area contributed by atoms with Gasteiger partial charge >= 0.3 is 5.97 Å². The first-order valence-corrected chi connectivity index (χ1v) is 34.1. The van der Waals surface area contributed by atoms with Crippen LogP contribution in [0.25, 0.3) is 0 Å². The first kappa shape index (κ1) is 74.6. The molecule has 0 aromatic rings. The molecular weight excluding hydrogens is 947 g/mol. The number of rotatable bonds is 63. The van der Waals surface area contributed by atoms with Gasteiger partial charge in [0.15, 0.2) is 0 Å². The van der Waals surface area contributed by atoms with Gasteiger partial charge in [0, 0.05) is 12.8 Å². The molecule has 0 aliphatic carbocycles. The summed E-state index contributed by atoms with van der Waals surface area (Å²) in [7, 11) is 0. The summed E-state index contributed by atoms with van der Waals surface area (Å²) in [4.78, 5) is 24.6. The number of nitrogens with one attached hydrogen (secondary N) is 1. The van der Waals surface area contributed by atoms with Crippen molar-refractivity contribution in [1.82, 2.24) is 5.32 Å². The number of amides is 1. The van der Waals surface area contributed by atoms with Gasteiger partial charge in [0.05, 0.1) is 25.4 Å². The van der Waals surface area contributed by atoms with E-state index in [1.807, 2.05) is 6.08 Å². The van der Waals surface area contributed by atoms with Gasteiger partial charge in [-0.05, 0) is 89.9 Å². The minimum Gasteiger partial charge on any atom is -0.466 e. The van der Waals surface area contributed by atoms with E-state index in [4.69, 9.17) is 4.74 Å². The third-order valence-electron chi connectivity index (χ3n) is 15.5. The minimum atomic E-state index is -0.854. The summed E-state index contributed by atoms with van der Waals surface area (Å²) in [5.74, 6) is -0.0851. The summed E-state index contributed by atoms with van der Waals surface area (Å²) in [6.45, 7) is 4.84. The highest BCUT2D eigenvalue weighted by Crippen LogP contribution is 2.17. The van der Waals surface area contributed by atoms with Crippen LogP contribution in [0.4, 0.5) is 0 Å². The van der Waals surface area contributed by atoms with Crippen molar-refractivity contribution in [1.29, 1.82) is 0 Å². The standard InChI is InChI=1S/C71H131NO5/c1-3-5-7-9-11-13-15-17-18-19-20-21-22-24-27-30-33-36-40-43-47-51-55-59-63-69(74)68(67-73)72-70(75)64-60-56-52-48-44-41-37-34-31-28-25-23-26-29-32-35-38-42-46-50-54-58-62-66-77-71(76)65-61-57-53-49-45-39-16-14-12-10-8-6-4-2/h8,10,14,16,23,26,28,31,59,63,68-69,73-74H,3-7,9,11-13,15,17-22,24-25,27,29-30,32-58,60-62,64-67H2,1-2H3,(H,72,75)/b10-8-,16-14-,26-23-,31-28-,63-59+. The lowest BCUT2D eigenvalue weighted by Gasteiger charge is -2.20. The molecule has 1 amide bonds. The quantitative estimate of drug-likeness (QED) is 0.0320. The number of aliphatic hydroxyl groups excluding tert-OH is 2. The van der Waals surface area contributed by atoms with Crippen molar-refractivity contribution < 1.29 is 24.5 Å². The van der Waals surface area contributed by atoms with Crippen LogP contribution in [-0.2, 0) is 14.3 Å². The fourth-order valence-electron chi connectivity index (χ4n) is 10.3. The molecule has 0 rings (SSSR count). The highest BCUT2D eigenvalue weighted by molar-refractivity contribution is 5.76. The molecule has 0 aliphatic rings. The van der Waals surface area contributed by atoms with Gasteiger partial charge < -0.3 is 20.3 Å². The Hall–Kier alpha value is -2.44. The first-order chi connectivity index (χ1) is 38.0. The molecular formula is C71H131NO5. The van der Waals surface area contributed by atoms with E-state index in [-0.39, 0.29) is 18.5 Å². The van der Waals surface area contributed by atoms with Gasteiger partial charge in [-0.15, -0.1) is 0 Å². The van der Waals surface area contributed by atoms with Crippen LogP contribution >= 0.6 is 0 Å². The second kappa shape index (κ2) is 66.1. The lowest BCUT2D eigenvalue weighted by molar-refractivity contribution is -0.143. The summed E-state index contributed by atoms with van der Waals surface area (Å²) in [6, 6.07) is -0.638. The second-order valence-electron chi connectivity index (χ2n) is 23.1. The molecule has 0 aliphatic heterocycles. The van der Waals surface area contributed by atoms with E-state index in [2.05, 4.69) is 67.8 Å². The maximum absolute atomic E-state index is 12.5. The number of allylic oxidation sites excluding steroid dienone is 9. The van der Waals surface area contributed by atoms with Crippen LogP contribution in [0.3, 0.4) is 0 Å². The van der Waals surface area contributed by atoms with Gasteiger partial charge in [-0.2, -0.15) is 0 Å². The zero-order valence-electron chi connectivity index (χ0n) is 51.4. The zero-order valence-corrected chi connectivity index (χ0v) is 51.4. The molecule has 2 unspecified atom stereocenters. The fraction of sp³-hybridized carbons (Fsp3) is 0.831. The fourth-order valence-corrected chi connectivity index (χ4v) is 10.3. The van der Waals surface area contributed by atoms with Gasteiger partial charge in [0.1, 0.15) is 0 Å². The van der Waals surface area contributed by atoms with Crippen LogP contribution in [0.5, 0.6) is 0 Å². The second-order valence-corrected chi connectivity index (χ2v) is 23.1. The van der Waals surface area contributed by atoms with Crippen molar-refractivity contribution in [2.45, 2.75) is 366 Å². The SMILES string of the molecule is CCC/C=C\C/C=C\CCCCCCCC(=O)OCCCCCCCCCCC/C=C\C/C=C\CCCCCCCCCC(=O)NC(CO)C(O)/C=C/CCCCCCCCCCCCCCCCCCCCCCCC. The van der Waals surface area contributed by atoms with E-state index < -0.39 is 12.1 Å². The highest BCUT2D eigenvalue weighted by Gasteiger charge is 2.18. The van der Waals surface area contributed by atoms with Crippen LogP contribution < -0.4 is 5.32 Å². The Bertz CT molecular complexity index is 1340. The molecule has 0 radical (unpaired) electrons. The van der Waals surface area contributed by atoms with E-state index in [0.29, 0.717) is 19.4 Å². The van der Waals surface area contributed by atoms with Gasteiger partial charge in [-0.25, -0.2) is 0 Å². The molecule has 0 saturated heterocycles. The Kier molecular flexibility index (Phi) is 64.0. The maximum atomic E-state index is 12.5. The van der Waals surface area contributed by atoms with Crippen molar-refractivity contribution >= 4 is 11.9 Å². The predicted octanol–water partition coefficient (Wildman–Crippen LogP) is 21.9. The first-order valence-electron chi connectivity index (χ1n) is 34.1. The summed E-state index contributed by atoms with van der Waals surface area (Å²) in [6.07, 6.45) is 87.1. The molecule has 6 heteroatoms. The molecule has 0 bridgehead atoms. The summed E-state index contributed by atoms with van der Waals surface area (Å²) in [5.41, 5.74) is 0. The van der Waals surface area contributed by atoms with Crippen molar-refractivity contribution in [2.24, 2.45) is 0 Å². The molecule has 0 spiro atoms. The number of esters is 1. The van der Waals surface area contributed by atoms with E-state index >= 15 is 0 Å². The Labute approximate surface area is 479 Å². The number of aliphatic hydroxyl groups is 2. The van der Waals surface area contributed by atoms with E-state index in [9.17, 15) is 19.8 Å². The molecule has 77 heavy (non-hydrogen) atoms. The summed E-state index contributed by atoms with van der Waals surface area (Å²) < 4.78 is 5.46. The number of unbranched alkanes of at least 4 members (excludes halogenated alkanes) is 44. The summed E-state index contributed by atoms with van der Waals surface area (Å²) in [5, 5.41) is 23.2. The van der Waals surface area contributed by atoms with Crippen LogP contribution in [0.1, 0.15) is 354 Å². The average Bonchev–Trinajstić information content (AvgIpc) is 3.43. The molecule has 0 saturated carbocycles. The highest BCUT2D eigenvalue weighted by atomic mass is 16.5. The van der Waals surface area contributed by atoms with Crippen molar-refractivity contribution in [2.75, 3.05) is 13.2 Å². The smallest absolute Gasteiger partial charge is 0.305 e. The molecule has 0 fully saturated rings. The Morgan fingerprint density at radius 2 is 0.675 bits per heavy atom. The van der Waals surface area contributed by atoms with Crippen LogP contribution in [0, 0.1) is 0 Å². The third-order valence-corrected chi connectivity index (χ3v) is 15.5. The molecule has 6 nitrogen and oxygen atoms in total. The molecule has 0 heterocycles. The number of carbonyl (C=O) groups is 2. The maximum Gasteiger partial charge on any atom is 0.305 e. The molecule has 450 valence electrons. The van der Waals surface area contributed by atoms with E-state index in [1.165, 1.54) is 257 Å². The normalized spacial score (nSPS) is 12.9. The zero-order chi connectivity index (χ0) is 55.7. The van der Waals surface area contributed by atoms with Gasteiger partial charge in [-0.3, -0.25) is 9.59 Å². The van der Waals surface area contributed by atoms with Crippen LogP contribution in [-0.4, -0.2) is 47.4 Å². The predicted molar refractivity (Wildman–Crippen MR) is 338 cm³/mol. The van der Waals surface area contributed by atoms with Crippen molar-refractivity contribution in [3.63, 3.8) is 0 Å². The lowest BCUT2D eigenvalue weighted by atomic mass is 10.0. The topological polar surface area (TPSA) is 95.9 Å². The number of carbonyl (C=O) groups excluding carboxylic acids is 2. The van der Waals surface area contributed by atoms with E-state index in [1.54, 1.807) is 6.08 Å². The minimum absolute atomic E-state index is 0.00906. The van der Waals surface area contributed by atoms with Gasteiger partial charge in [0.2, 0.25) is 5.91 Å². The van der Waals surface area contributed by atoms with Crippen LogP contribution in [0.15, 0.2) is 60.8 Å². The molecule has 0 aromatic heterocycles. The number of hydrogen-bond acceptors (Lipinski definition) is 5. The average molecular weight is 1080 g/mol. The van der Waals surface area contributed by atoms with Gasteiger partial charge in [0.25, 0.3) is 0 Å². The number of ether oxygens (including phenoxy) is 1. The van der Waals surface area contributed by atoms with Crippen molar-refractivity contribution in [3.05, 3.63) is 60.8 Å². The van der Waals surface area contributed by atoms with Crippen LogP contribution in [0.2, 0.25) is 0 Å². The summed E-state index contributed by atoms with van der Waals surface area (Å²) >= 11 is 0. The Balaban J connectivity index is 3.49. The van der Waals surface area contributed by atoms with E-state index in [0.717, 1.165) is 70.6 Å². The largest absolute Gasteiger partial charge is 0.466 e. The Morgan fingerprint density at radius 3 is 1.04 bits per heavy atom. The lowest BCUT2D eigenvalue weighted by Crippen LogP contribution is -2.45. The molecule has 2 atom stereocenters. The number of hydrogen-bond donors (Lipinski definition) is 3. The third kappa shape index (κ3) is 62.6. The molecule has 0 aromatic carbocycles. The van der Waals surface area contributed by atoms with Gasteiger partial charge in [-0.1, -0.05) is 312 Å². The molecule has 3 N–H and O–H groups in total. The Morgan fingerprint density at radius 1 is 0.364 bits per heavy atom.